The number of aryl methyl sites for hydroxylation is 1. The molecule has 0 aliphatic heterocycles. The van der Waals surface area contributed by atoms with Crippen LogP contribution in [0.25, 0.3) is 6.08 Å². The van der Waals surface area contributed by atoms with Gasteiger partial charge in [-0.15, -0.1) is 0 Å². The van der Waals surface area contributed by atoms with Crippen LogP contribution in [0.15, 0.2) is 36.7 Å². The van der Waals surface area contributed by atoms with Gasteiger partial charge in [-0.2, -0.15) is 5.10 Å². The van der Waals surface area contributed by atoms with Crippen molar-refractivity contribution in [3.8, 4) is 0 Å². The summed E-state index contributed by atoms with van der Waals surface area (Å²) >= 11 is 0. The Morgan fingerprint density at radius 3 is 2.76 bits per heavy atom. The minimum absolute atomic E-state index is 0.262. The number of nitrogens with one attached hydrogen (secondary N) is 1. The van der Waals surface area contributed by atoms with Crippen molar-refractivity contribution >= 4 is 18.0 Å². The molecule has 0 saturated heterocycles. The Morgan fingerprint density at radius 2 is 2.19 bits per heavy atom. The number of aliphatic carboxylic acids is 1. The van der Waals surface area contributed by atoms with Gasteiger partial charge in [-0.1, -0.05) is 6.07 Å². The molecule has 0 spiro atoms. The first-order valence-corrected chi connectivity index (χ1v) is 6.18. The van der Waals surface area contributed by atoms with Crippen molar-refractivity contribution in [1.82, 2.24) is 20.1 Å². The van der Waals surface area contributed by atoms with E-state index in [9.17, 15) is 9.59 Å². The van der Waals surface area contributed by atoms with Crippen LogP contribution in [0.2, 0.25) is 0 Å². The lowest BCUT2D eigenvalue weighted by Gasteiger charge is -2.03. The fraction of sp³-hybridized carbons (Fsp3) is 0.143. The second kappa shape index (κ2) is 6.47. The molecule has 7 nitrogen and oxygen atoms in total. The Hall–Kier alpha value is -2.96. The minimum atomic E-state index is -1.04. The lowest BCUT2D eigenvalue weighted by atomic mass is 10.2. The molecule has 7 heteroatoms. The quantitative estimate of drug-likeness (QED) is 0.794. The first kappa shape index (κ1) is 14.4. The van der Waals surface area contributed by atoms with Crippen molar-refractivity contribution in [3.05, 3.63) is 53.6 Å². The van der Waals surface area contributed by atoms with Gasteiger partial charge in [0.2, 0.25) is 0 Å². The lowest BCUT2D eigenvalue weighted by Crippen LogP contribution is -2.24. The van der Waals surface area contributed by atoms with Crippen molar-refractivity contribution in [3.63, 3.8) is 0 Å². The number of carbonyl (C=O) groups excluding carboxylic acids is 1. The maximum Gasteiger partial charge on any atom is 0.328 e. The first-order chi connectivity index (χ1) is 10.0. The minimum Gasteiger partial charge on any atom is -0.478 e. The highest BCUT2D eigenvalue weighted by molar-refractivity contribution is 5.92. The van der Waals surface area contributed by atoms with Crippen molar-refractivity contribution in [2.24, 2.45) is 7.05 Å². The van der Waals surface area contributed by atoms with Crippen molar-refractivity contribution in [1.29, 1.82) is 0 Å². The Bertz CT molecular complexity index is 674. The van der Waals surface area contributed by atoms with Crippen LogP contribution in [0.4, 0.5) is 0 Å². The number of hydrogen-bond donors (Lipinski definition) is 2. The predicted octanol–water partition coefficient (Wildman–Crippen LogP) is 0.843. The van der Waals surface area contributed by atoms with E-state index in [0.717, 1.165) is 11.8 Å². The molecule has 1 amide bonds. The summed E-state index contributed by atoms with van der Waals surface area (Å²) in [7, 11) is 1.80. The smallest absolute Gasteiger partial charge is 0.328 e. The van der Waals surface area contributed by atoms with Crippen LogP contribution < -0.4 is 5.32 Å². The van der Waals surface area contributed by atoms with E-state index in [2.05, 4.69) is 15.4 Å². The fourth-order valence-electron chi connectivity index (χ4n) is 1.62. The molecular weight excluding hydrogens is 272 g/mol. The zero-order valence-corrected chi connectivity index (χ0v) is 11.4. The van der Waals surface area contributed by atoms with Gasteiger partial charge in [0.1, 0.15) is 5.69 Å². The summed E-state index contributed by atoms with van der Waals surface area (Å²) in [5.74, 6) is -1.35. The van der Waals surface area contributed by atoms with E-state index in [1.807, 2.05) is 6.07 Å². The second-order valence-corrected chi connectivity index (χ2v) is 4.31. The molecule has 2 aromatic rings. The van der Waals surface area contributed by atoms with Crippen molar-refractivity contribution < 1.29 is 14.7 Å². The highest BCUT2D eigenvalue weighted by atomic mass is 16.4. The van der Waals surface area contributed by atoms with Crippen LogP contribution in [-0.2, 0) is 18.4 Å². The van der Waals surface area contributed by atoms with Gasteiger partial charge in [-0.05, 0) is 23.8 Å². The van der Waals surface area contributed by atoms with Crippen molar-refractivity contribution in [2.75, 3.05) is 0 Å². The summed E-state index contributed by atoms with van der Waals surface area (Å²) in [6.07, 6.45) is 5.65. The molecule has 0 aliphatic rings. The Kier molecular flexibility index (Phi) is 4.45. The van der Waals surface area contributed by atoms with Crippen molar-refractivity contribution in [2.45, 2.75) is 6.54 Å². The SMILES string of the molecule is Cn1ccc(CNC(=O)c2ccc(/C=C/C(=O)O)cn2)n1. The molecule has 2 heterocycles. The molecular formula is C14H14N4O3. The molecule has 0 bridgehead atoms. The topological polar surface area (TPSA) is 97.1 Å². The lowest BCUT2D eigenvalue weighted by molar-refractivity contribution is -0.131. The summed E-state index contributed by atoms with van der Waals surface area (Å²) in [4.78, 5) is 26.3. The molecule has 0 radical (unpaired) electrons. The molecule has 0 fully saturated rings. The number of hydrogen-bond acceptors (Lipinski definition) is 4. The highest BCUT2D eigenvalue weighted by Gasteiger charge is 2.07. The third-order valence-electron chi connectivity index (χ3n) is 2.64. The average molecular weight is 286 g/mol. The zero-order chi connectivity index (χ0) is 15.2. The molecule has 0 unspecified atom stereocenters. The maximum absolute atomic E-state index is 11.9. The van der Waals surface area contributed by atoms with Gasteiger partial charge in [-0.3, -0.25) is 14.5 Å². The molecule has 108 valence electrons. The zero-order valence-electron chi connectivity index (χ0n) is 11.4. The summed E-state index contributed by atoms with van der Waals surface area (Å²) < 4.78 is 1.66. The number of carbonyl (C=O) groups is 2. The van der Waals surface area contributed by atoms with Crippen LogP contribution in [0.5, 0.6) is 0 Å². The van der Waals surface area contributed by atoms with Gasteiger partial charge < -0.3 is 10.4 Å². The maximum atomic E-state index is 11.9. The van der Waals surface area contributed by atoms with E-state index in [-0.39, 0.29) is 11.6 Å². The Morgan fingerprint density at radius 1 is 1.38 bits per heavy atom. The number of aromatic nitrogens is 3. The standard InChI is InChI=1S/C14H14N4O3/c1-18-7-6-11(17-18)9-16-14(21)12-4-2-10(8-15-12)3-5-13(19)20/h2-8H,9H2,1H3,(H,16,21)(H,19,20)/b5-3+. The van der Waals surface area contributed by atoms with Crippen LogP contribution in [0.3, 0.4) is 0 Å². The summed E-state index contributed by atoms with van der Waals surface area (Å²) in [5.41, 5.74) is 1.63. The molecule has 0 atom stereocenters. The third-order valence-corrected chi connectivity index (χ3v) is 2.64. The molecule has 0 aromatic carbocycles. The van der Waals surface area contributed by atoms with Crippen LogP contribution >= 0.6 is 0 Å². The molecule has 0 saturated carbocycles. The Labute approximate surface area is 120 Å². The van der Waals surface area contributed by atoms with E-state index < -0.39 is 5.97 Å². The van der Waals surface area contributed by atoms with E-state index in [4.69, 9.17) is 5.11 Å². The fourth-order valence-corrected chi connectivity index (χ4v) is 1.62. The van der Waals surface area contributed by atoms with Gasteiger partial charge in [0.25, 0.3) is 5.91 Å². The number of rotatable bonds is 5. The van der Waals surface area contributed by atoms with Gasteiger partial charge in [0.15, 0.2) is 0 Å². The number of pyridine rings is 1. The molecule has 2 rings (SSSR count). The van der Waals surface area contributed by atoms with Gasteiger partial charge in [0.05, 0.1) is 12.2 Å². The molecule has 0 aliphatic carbocycles. The number of amides is 1. The third kappa shape index (κ3) is 4.27. The van der Waals surface area contributed by atoms with E-state index in [1.54, 1.807) is 24.0 Å². The number of nitrogens with zero attached hydrogens (tertiary/aromatic N) is 3. The first-order valence-electron chi connectivity index (χ1n) is 6.18. The second-order valence-electron chi connectivity index (χ2n) is 4.31. The molecule has 2 N–H and O–H groups in total. The highest BCUT2D eigenvalue weighted by Crippen LogP contribution is 2.03. The normalized spacial score (nSPS) is 10.7. The average Bonchev–Trinajstić information content (AvgIpc) is 2.89. The molecule has 2 aromatic heterocycles. The van der Waals surface area contributed by atoms with Gasteiger partial charge in [-0.25, -0.2) is 4.79 Å². The number of carboxylic acid groups (broad SMARTS) is 1. The predicted molar refractivity (Wildman–Crippen MR) is 75.3 cm³/mol. The van der Waals surface area contributed by atoms with Crippen LogP contribution in [0.1, 0.15) is 21.7 Å². The van der Waals surface area contributed by atoms with E-state index in [1.165, 1.54) is 18.3 Å². The van der Waals surface area contributed by atoms with Crippen LogP contribution in [-0.4, -0.2) is 31.7 Å². The molecule has 21 heavy (non-hydrogen) atoms. The van der Waals surface area contributed by atoms with Gasteiger partial charge in [0, 0.05) is 25.5 Å². The van der Waals surface area contributed by atoms with Crippen LogP contribution in [0, 0.1) is 0 Å². The van der Waals surface area contributed by atoms with E-state index >= 15 is 0 Å². The summed E-state index contributed by atoms with van der Waals surface area (Å²) in [6.45, 7) is 0.321. The summed E-state index contributed by atoms with van der Waals surface area (Å²) in [6, 6.07) is 4.98. The number of carboxylic acids is 1. The Balaban J connectivity index is 1.95. The monoisotopic (exact) mass is 286 g/mol. The van der Waals surface area contributed by atoms with Gasteiger partial charge >= 0.3 is 5.97 Å². The largest absolute Gasteiger partial charge is 0.478 e. The summed E-state index contributed by atoms with van der Waals surface area (Å²) in [5, 5.41) is 15.4. The van der Waals surface area contributed by atoms with E-state index in [0.29, 0.717) is 12.1 Å².